The summed E-state index contributed by atoms with van der Waals surface area (Å²) >= 11 is 5.97. The van der Waals surface area contributed by atoms with E-state index >= 15 is 0 Å². The molecule has 1 aromatic carbocycles. The number of benzene rings is 1. The van der Waals surface area contributed by atoms with Gasteiger partial charge in [-0.1, -0.05) is 29.5 Å². The minimum absolute atomic E-state index is 0.00590. The molecule has 0 aliphatic heterocycles. The molecule has 0 spiro atoms. The lowest BCUT2D eigenvalue weighted by molar-refractivity contribution is -0.114. The minimum Gasteiger partial charge on any atom is -0.301 e. The maximum absolute atomic E-state index is 12.9. The molecule has 0 aliphatic carbocycles. The van der Waals surface area contributed by atoms with E-state index in [-0.39, 0.29) is 19.9 Å². The number of rotatable bonds is 3. The predicted octanol–water partition coefficient (Wildman–Crippen LogP) is 2.42. The molecule has 7 nitrogen and oxygen atoms in total. The molecule has 2 aromatic heterocycles. The van der Waals surface area contributed by atoms with Crippen molar-refractivity contribution in [3.8, 4) is 0 Å². The average Bonchev–Trinajstić information content (AvgIpc) is 2.87. The number of nitrogens with one attached hydrogen (secondary N) is 1. The highest BCUT2D eigenvalue weighted by molar-refractivity contribution is 7.90. The number of para-hydroxylation sites is 1. The van der Waals surface area contributed by atoms with Crippen molar-refractivity contribution >= 4 is 55.5 Å². The molecular formula is C13H10N4O3S3. The molecule has 118 valence electrons. The molecule has 0 fully saturated rings. The van der Waals surface area contributed by atoms with Crippen LogP contribution in [0, 0.1) is 3.95 Å². The van der Waals surface area contributed by atoms with Crippen LogP contribution in [-0.2, 0) is 14.8 Å². The van der Waals surface area contributed by atoms with E-state index in [0.29, 0.717) is 10.9 Å². The Morgan fingerprint density at radius 1 is 1.30 bits per heavy atom. The number of carbonyl (C=O) groups is 1. The zero-order chi connectivity index (χ0) is 16.6. The first-order valence-corrected chi connectivity index (χ1v) is 9.03. The van der Waals surface area contributed by atoms with Crippen LogP contribution in [0.4, 0.5) is 5.13 Å². The van der Waals surface area contributed by atoms with Crippen molar-refractivity contribution in [2.75, 3.05) is 5.32 Å². The molecule has 10 heteroatoms. The highest BCUT2D eigenvalue weighted by atomic mass is 32.2. The Balaban J connectivity index is 2.20. The van der Waals surface area contributed by atoms with Gasteiger partial charge < -0.3 is 5.32 Å². The van der Waals surface area contributed by atoms with E-state index in [2.05, 4.69) is 15.4 Å². The van der Waals surface area contributed by atoms with Crippen LogP contribution >= 0.6 is 23.6 Å². The summed E-state index contributed by atoms with van der Waals surface area (Å²) in [5, 5.41) is 7.13. The fourth-order valence-corrected chi connectivity index (χ4v) is 4.86. The number of aromatic nitrogens is 3. The molecular weight excluding hydrogens is 356 g/mol. The number of amides is 1. The molecule has 23 heavy (non-hydrogen) atoms. The molecule has 3 aromatic rings. The van der Waals surface area contributed by atoms with Crippen LogP contribution in [-0.4, -0.2) is 28.5 Å². The lowest BCUT2D eigenvalue weighted by Crippen LogP contribution is -2.16. The van der Waals surface area contributed by atoms with Crippen molar-refractivity contribution in [2.45, 2.75) is 11.8 Å². The lowest BCUT2D eigenvalue weighted by atomic mass is 10.2. The zero-order valence-corrected chi connectivity index (χ0v) is 14.2. The Kier molecular flexibility index (Phi) is 3.96. The van der Waals surface area contributed by atoms with Crippen LogP contribution in [0.25, 0.3) is 10.9 Å². The maximum Gasteiger partial charge on any atom is 0.287 e. The quantitative estimate of drug-likeness (QED) is 0.716. The second-order valence-corrected chi connectivity index (χ2v) is 7.89. The zero-order valence-electron chi connectivity index (χ0n) is 11.8. The van der Waals surface area contributed by atoms with Gasteiger partial charge in [0.05, 0.1) is 5.52 Å². The van der Waals surface area contributed by atoms with Gasteiger partial charge in [-0.3, -0.25) is 9.78 Å². The summed E-state index contributed by atoms with van der Waals surface area (Å²) in [4.78, 5) is 15.2. The smallest absolute Gasteiger partial charge is 0.287 e. The van der Waals surface area contributed by atoms with Crippen LogP contribution in [0.5, 0.6) is 0 Å². The largest absolute Gasteiger partial charge is 0.301 e. The summed E-state index contributed by atoms with van der Waals surface area (Å²) < 4.78 is 26.5. The third kappa shape index (κ3) is 2.87. The van der Waals surface area contributed by atoms with Gasteiger partial charge in [0, 0.05) is 18.5 Å². The Hall–Kier alpha value is -2.17. The van der Waals surface area contributed by atoms with Gasteiger partial charge in [-0.2, -0.15) is 8.42 Å². The van der Waals surface area contributed by atoms with Gasteiger partial charge in [-0.25, -0.2) is 0 Å². The highest BCUT2D eigenvalue weighted by Gasteiger charge is 2.24. The van der Waals surface area contributed by atoms with E-state index in [0.717, 1.165) is 15.4 Å². The van der Waals surface area contributed by atoms with Crippen LogP contribution in [0.3, 0.4) is 0 Å². The molecule has 0 radical (unpaired) electrons. The second kappa shape index (κ2) is 5.80. The van der Waals surface area contributed by atoms with Gasteiger partial charge in [0.25, 0.3) is 10.0 Å². The molecule has 0 unspecified atom stereocenters. The predicted molar refractivity (Wildman–Crippen MR) is 89.6 cm³/mol. The fourth-order valence-electron chi connectivity index (χ4n) is 2.00. The Morgan fingerprint density at radius 2 is 2.04 bits per heavy atom. The molecule has 0 atom stereocenters. The number of fused-ring (bicyclic) bond motifs is 1. The SMILES string of the molecule is CC(=O)Nc1nn(S(=O)(=O)c2cccc3cccnc23)c(=S)s1. The summed E-state index contributed by atoms with van der Waals surface area (Å²) in [6.07, 6.45) is 1.52. The molecule has 2 heterocycles. The van der Waals surface area contributed by atoms with Gasteiger partial charge in [-0.05, 0) is 24.4 Å². The maximum atomic E-state index is 12.9. The highest BCUT2D eigenvalue weighted by Crippen LogP contribution is 2.25. The number of nitrogens with zero attached hydrogens (tertiary/aromatic N) is 3. The Bertz CT molecular complexity index is 1060. The normalized spacial score (nSPS) is 11.5. The lowest BCUT2D eigenvalue weighted by Gasteiger charge is -2.06. The van der Waals surface area contributed by atoms with Crippen molar-refractivity contribution in [1.82, 2.24) is 14.2 Å². The van der Waals surface area contributed by atoms with Gasteiger partial charge in [0.15, 0.2) is 3.95 Å². The van der Waals surface area contributed by atoms with Crippen LogP contribution < -0.4 is 5.32 Å². The van der Waals surface area contributed by atoms with E-state index in [9.17, 15) is 13.2 Å². The third-order valence-corrected chi connectivity index (χ3v) is 5.89. The minimum atomic E-state index is -4.01. The van der Waals surface area contributed by atoms with Crippen LogP contribution in [0.15, 0.2) is 41.4 Å². The van der Waals surface area contributed by atoms with Gasteiger partial charge in [0.1, 0.15) is 4.90 Å². The van der Waals surface area contributed by atoms with E-state index in [4.69, 9.17) is 12.2 Å². The molecule has 0 bridgehead atoms. The van der Waals surface area contributed by atoms with E-state index < -0.39 is 10.0 Å². The van der Waals surface area contributed by atoms with Crippen LogP contribution in [0.2, 0.25) is 0 Å². The number of anilines is 1. The van der Waals surface area contributed by atoms with Crippen molar-refractivity contribution in [1.29, 1.82) is 0 Å². The van der Waals surface area contributed by atoms with E-state index in [1.54, 1.807) is 24.3 Å². The van der Waals surface area contributed by atoms with Crippen LogP contribution in [0.1, 0.15) is 6.92 Å². The molecule has 1 N–H and O–H groups in total. The average molecular weight is 366 g/mol. The van der Waals surface area contributed by atoms with Gasteiger partial charge in [-0.15, -0.1) is 9.19 Å². The number of pyridine rings is 1. The summed E-state index contributed by atoms with van der Waals surface area (Å²) in [5.74, 6) is -0.356. The van der Waals surface area contributed by atoms with Crippen molar-refractivity contribution in [3.63, 3.8) is 0 Å². The summed E-state index contributed by atoms with van der Waals surface area (Å²) in [6, 6.07) is 8.34. The van der Waals surface area contributed by atoms with E-state index in [1.165, 1.54) is 19.2 Å². The van der Waals surface area contributed by atoms with Crippen molar-refractivity contribution in [3.05, 3.63) is 40.5 Å². The number of carbonyl (C=O) groups excluding carboxylic acids is 1. The van der Waals surface area contributed by atoms with Crippen molar-refractivity contribution in [2.24, 2.45) is 0 Å². The first kappa shape index (κ1) is 15.7. The first-order valence-electron chi connectivity index (χ1n) is 6.36. The number of hydrogen-bond donors (Lipinski definition) is 1. The Labute approximate surface area is 140 Å². The number of hydrogen-bond acceptors (Lipinski definition) is 7. The molecule has 0 saturated heterocycles. The third-order valence-electron chi connectivity index (χ3n) is 2.91. The Morgan fingerprint density at radius 3 is 2.78 bits per heavy atom. The topological polar surface area (TPSA) is 94.0 Å². The second-order valence-electron chi connectivity index (χ2n) is 4.53. The van der Waals surface area contributed by atoms with E-state index in [1.807, 2.05) is 0 Å². The molecule has 0 saturated carbocycles. The molecule has 1 amide bonds. The molecule has 3 rings (SSSR count). The van der Waals surface area contributed by atoms with Gasteiger partial charge >= 0.3 is 0 Å². The summed E-state index contributed by atoms with van der Waals surface area (Å²) in [5.41, 5.74) is 0.339. The standard InChI is InChI=1S/C13H10N4O3S3/c1-8(18)15-12-16-17(13(21)22-12)23(19,20)10-6-2-4-9-5-3-7-14-11(9)10/h2-7H,1H3,(H,15,16,18). The van der Waals surface area contributed by atoms with Gasteiger partial charge in [0.2, 0.25) is 11.0 Å². The van der Waals surface area contributed by atoms with Crippen molar-refractivity contribution < 1.29 is 13.2 Å². The summed E-state index contributed by atoms with van der Waals surface area (Å²) in [6.45, 7) is 1.30. The fraction of sp³-hybridized carbons (Fsp3) is 0.0769. The molecule has 0 aliphatic rings. The summed E-state index contributed by atoms with van der Waals surface area (Å²) in [7, 11) is -4.01. The monoisotopic (exact) mass is 366 g/mol. The first-order chi connectivity index (χ1) is 10.9.